The molecule has 0 atom stereocenters. The van der Waals surface area contributed by atoms with Crippen molar-refractivity contribution in [2.75, 3.05) is 14.2 Å². The SMILES string of the molecule is COc1cccc(-c2cncn2C(C)C)c1OC. The van der Waals surface area contributed by atoms with E-state index in [1.54, 1.807) is 14.2 Å². The van der Waals surface area contributed by atoms with Crippen LogP contribution in [0.1, 0.15) is 19.9 Å². The summed E-state index contributed by atoms with van der Waals surface area (Å²) in [5.74, 6) is 1.47. The quantitative estimate of drug-likeness (QED) is 0.831. The molecule has 4 nitrogen and oxygen atoms in total. The van der Waals surface area contributed by atoms with Crippen LogP contribution in [-0.2, 0) is 0 Å². The summed E-state index contributed by atoms with van der Waals surface area (Å²) in [5, 5.41) is 0. The third-order valence-electron chi connectivity index (χ3n) is 2.90. The first-order valence-corrected chi connectivity index (χ1v) is 5.92. The fourth-order valence-electron chi connectivity index (χ4n) is 2.01. The molecule has 1 aromatic carbocycles. The summed E-state index contributed by atoms with van der Waals surface area (Å²) in [6.07, 6.45) is 3.68. The van der Waals surface area contributed by atoms with E-state index in [1.165, 1.54) is 0 Å². The largest absolute Gasteiger partial charge is 0.493 e. The highest BCUT2D eigenvalue weighted by Gasteiger charge is 2.15. The Morgan fingerprint density at radius 2 is 1.94 bits per heavy atom. The first kappa shape index (κ1) is 12.5. The van der Waals surface area contributed by atoms with Gasteiger partial charge in [0.2, 0.25) is 0 Å². The second-order valence-electron chi connectivity index (χ2n) is 4.32. The second kappa shape index (κ2) is 5.12. The Bertz CT molecular complexity index is 532. The molecule has 0 aliphatic rings. The van der Waals surface area contributed by atoms with E-state index in [-0.39, 0.29) is 0 Å². The van der Waals surface area contributed by atoms with E-state index in [1.807, 2.05) is 30.7 Å². The molecule has 0 saturated carbocycles. The van der Waals surface area contributed by atoms with Gasteiger partial charge in [0.15, 0.2) is 11.5 Å². The van der Waals surface area contributed by atoms with Crippen molar-refractivity contribution < 1.29 is 9.47 Å². The number of hydrogen-bond acceptors (Lipinski definition) is 3. The van der Waals surface area contributed by atoms with Gasteiger partial charge in [-0.2, -0.15) is 0 Å². The molecule has 2 rings (SSSR count). The molecule has 0 unspecified atom stereocenters. The minimum Gasteiger partial charge on any atom is -0.493 e. The number of benzene rings is 1. The lowest BCUT2D eigenvalue weighted by atomic mass is 10.1. The summed E-state index contributed by atoms with van der Waals surface area (Å²) in [5.41, 5.74) is 2.02. The van der Waals surface area contributed by atoms with Crippen LogP contribution in [0.4, 0.5) is 0 Å². The van der Waals surface area contributed by atoms with Crippen molar-refractivity contribution >= 4 is 0 Å². The van der Waals surface area contributed by atoms with E-state index in [4.69, 9.17) is 9.47 Å². The normalized spacial score (nSPS) is 10.7. The highest BCUT2D eigenvalue weighted by molar-refractivity contribution is 5.71. The van der Waals surface area contributed by atoms with Crippen molar-refractivity contribution in [1.82, 2.24) is 9.55 Å². The van der Waals surface area contributed by atoms with Gasteiger partial charge < -0.3 is 14.0 Å². The number of hydrogen-bond donors (Lipinski definition) is 0. The van der Waals surface area contributed by atoms with Crippen LogP contribution in [0.2, 0.25) is 0 Å². The average Bonchev–Trinajstić information content (AvgIpc) is 2.86. The minimum absolute atomic E-state index is 0.346. The van der Waals surface area contributed by atoms with Crippen LogP contribution in [0, 0.1) is 0 Å². The summed E-state index contributed by atoms with van der Waals surface area (Å²) in [6.45, 7) is 4.25. The molecule has 1 heterocycles. The van der Waals surface area contributed by atoms with Crippen LogP contribution >= 0.6 is 0 Å². The van der Waals surface area contributed by atoms with E-state index in [2.05, 4.69) is 23.4 Å². The van der Waals surface area contributed by atoms with E-state index in [9.17, 15) is 0 Å². The number of methoxy groups -OCH3 is 2. The summed E-state index contributed by atoms with van der Waals surface area (Å²) in [6, 6.07) is 6.20. The molecule has 0 radical (unpaired) electrons. The van der Waals surface area contributed by atoms with Gasteiger partial charge in [-0.3, -0.25) is 0 Å². The second-order valence-corrected chi connectivity index (χ2v) is 4.32. The smallest absolute Gasteiger partial charge is 0.170 e. The van der Waals surface area contributed by atoms with E-state index in [0.29, 0.717) is 6.04 Å². The molecule has 0 saturated heterocycles. The van der Waals surface area contributed by atoms with Crippen molar-refractivity contribution in [3.05, 3.63) is 30.7 Å². The lowest BCUT2D eigenvalue weighted by Crippen LogP contribution is -2.02. The number of imidazole rings is 1. The lowest BCUT2D eigenvalue weighted by molar-refractivity contribution is 0.356. The standard InChI is InChI=1S/C14H18N2O2/c1-10(2)16-9-15-8-12(16)11-6-5-7-13(17-3)14(11)18-4/h5-10H,1-4H3. The van der Waals surface area contributed by atoms with Crippen LogP contribution in [-0.4, -0.2) is 23.8 Å². The molecule has 4 heteroatoms. The number of rotatable bonds is 4. The maximum Gasteiger partial charge on any atom is 0.170 e. The average molecular weight is 246 g/mol. The van der Waals surface area contributed by atoms with Crippen LogP contribution in [0.3, 0.4) is 0 Å². The Labute approximate surface area is 107 Å². The van der Waals surface area contributed by atoms with Crippen molar-refractivity contribution in [3.8, 4) is 22.8 Å². The molecule has 0 aliphatic carbocycles. The molecule has 96 valence electrons. The minimum atomic E-state index is 0.346. The fourth-order valence-corrected chi connectivity index (χ4v) is 2.01. The first-order valence-electron chi connectivity index (χ1n) is 5.92. The van der Waals surface area contributed by atoms with Gasteiger partial charge in [0.25, 0.3) is 0 Å². The topological polar surface area (TPSA) is 36.3 Å². The third-order valence-corrected chi connectivity index (χ3v) is 2.90. The van der Waals surface area contributed by atoms with Crippen LogP contribution in [0.5, 0.6) is 11.5 Å². The monoisotopic (exact) mass is 246 g/mol. The van der Waals surface area contributed by atoms with Crippen molar-refractivity contribution in [2.24, 2.45) is 0 Å². The molecule has 0 aliphatic heterocycles. The Kier molecular flexibility index (Phi) is 3.55. The van der Waals surface area contributed by atoms with Crippen LogP contribution < -0.4 is 9.47 Å². The van der Waals surface area contributed by atoms with E-state index in [0.717, 1.165) is 22.8 Å². The Balaban J connectivity index is 2.60. The zero-order chi connectivity index (χ0) is 13.1. The molecule has 0 spiro atoms. The van der Waals surface area contributed by atoms with Gasteiger partial charge >= 0.3 is 0 Å². The Morgan fingerprint density at radius 3 is 2.56 bits per heavy atom. The molecule has 0 fully saturated rings. The summed E-state index contributed by atoms with van der Waals surface area (Å²) in [7, 11) is 3.29. The number of para-hydroxylation sites is 1. The Morgan fingerprint density at radius 1 is 1.17 bits per heavy atom. The predicted molar refractivity (Wildman–Crippen MR) is 71.2 cm³/mol. The molecular formula is C14H18N2O2. The molecule has 18 heavy (non-hydrogen) atoms. The van der Waals surface area contributed by atoms with Crippen molar-refractivity contribution in [2.45, 2.75) is 19.9 Å². The zero-order valence-corrected chi connectivity index (χ0v) is 11.2. The number of ether oxygens (including phenoxy) is 2. The maximum atomic E-state index is 5.46. The van der Waals surface area contributed by atoms with Gasteiger partial charge in [0.05, 0.1) is 32.4 Å². The third kappa shape index (κ3) is 2.06. The summed E-state index contributed by atoms with van der Waals surface area (Å²) < 4.78 is 12.9. The molecule has 0 bridgehead atoms. The number of aromatic nitrogens is 2. The highest BCUT2D eigenvalue weighted by atomic mass is 16.5. The molecule has 1 aromatic heterocycles. The van der Waals surface area contributed by atoms with Crippen LogP contribution in [0.25, 0.3) is 11.3 Å². The first-order chi connectivity index (χ1) is 8.69. The summed E-state index contributed by atoms with van der Waals surface area (Å²) >= 11 is 0. The van der Waals surface area contributed by atoms with Gasteiger partial charge in [-0.05, 0) is 26.0 Å². The van der Waals surface area contributed by atoms with Gasteiger partial charge in [0, 0.05) is 11.6 Å². The van der Waals surface area contributed by atoms with Crippen LogP contribution in [0.15, 0.2) is 30.7 Å². The number of nitrogens with zero attached hydrogens (tertiary/aromatic N) is 2. The van der Waals surface area contributed by atoms with E-state index < -0.39 is 0 Å². The van der Waals surface area contributed by atoms with Crippen molar-refractivity contribution in [3.63, 3.8) is 0 Å². The van der Waals surface area contributed by atoms with Crippen molar-refractivity contribution in [1.29, 1.82) is 0 Å². The van der Waals surface area contributed by atoms with Gasteiger partial charge in [-0.1, -0.05) is 6.07 Å². The lowest BCUT2D eigenvalue weighted by Gasteiger charge is -2.16. The molecular weight excluding hydrogens is 228 g/mol. The van der Waals surface area contributed by atoms with Gasteiger partial charge in [-0.25, -0.2) is 4.98 Å². The maximum absolute atomic E-state index is 5.46. The fraction of sp³-hybridized carbons (Fsp3) is 0.357. The molecule has 0 amide bonds. The Hall–Kier alpha value is -1.97. The van der Waals surface area contributed by atoms with Gasteiger partial charge in [-0.15, -0.1) is 0 Å². The van der Waals surface area contributed by atoms with Gasteiger partial charge in [0.1, 0.15) is 0 Å². The van der Waals surface area contributed by atoms with E-state index >= 15 is 0 Å². The summed E-state index contributed by atoms with van der Waals surface area (Å²) in [4.78, 5) is 4.22. The zero-order valence-electron chi connectivity index (χ0n) is 11.2. The predicted octanol–water partition coefficient (Wildman–Crippen LogP) is 3.15. The highest BCUT2D eigenvalue weighted by Crippen LogP contribution is 2.38. The molecule has 2 aromatic rings. The molecule has 0 N–H and O–H groups in total.